The largest absolute Gasteiger partial charge is 0.416 e. The second-order valence-electron chi connectivity index (χ2n) is 6.01. The van der Waals surface area contributed by atoms with Gasteiger partial charge >= 0.3 is 6.18 Å². The minimum absolute atomic E-state index is 0.0888. The van der Waals surface area contributed by atoms with Crippen molar-refractivity contribution in [2.24, 2.45) is 0 Å². The Morgan fingerprint density at radius 2 is 1.70 bits per heavy atom. The quantitative estimate of drug-likeness (QED) is 0.574. The third-order valence-corrected chi connectivity index (χ3v) is 4.43. The molecule has 1 aromatic heterocycles. The Balaban J connectivity index is 1.66. The van der Waals surface area contributed by atoms with Gasteiger partial charge in [-0.15, -0.1) is 0 Å². The molecule has 0 bridgehead atoms. The molecule has 3 rings (SSSR count). The first-order valence-electron chi connectivity index (χ1n) is 8.14. The van der Waals surface area contributed by atoms with Crippen LogP contribution >= 0.6 is 23.2 Å². The van der Waals surface area contributed by atoms with Gasteiger partial charge in [0, 0.05) is 35.5 Å². The van der Waals surface area contributed by atoms with E-state index in [1.807, 2.05) is 16.7 Å². The second-order valence-corrected chi connectivity index (χ2v) is 6.88. The number of hydrogen-bond donors (Lipinski definition) is 1. The molecule has 2 aromatic carbocycles. The molecule has 142 valence electrons. The molecule has 0 radical (unpaired) electrons. The van der Waals surface area contributed by atoms with Crippen LogP contribution in [0, 0.1) is 0 Å². The molecule has 0 spiro atoms. The highest BCUT2D eigenvalue weighted by molar-refractivity contribution is 6.34. The Labute approximate surface area is 164 Å². The van der Waals surface area contributed by atoms with Gasteiger partial charge in [-0.25, -0.2) is 4.98 Å². The summed E-state index contributed by atoms with van der Waals surface area (Å²) in [5.74, 6) is 0.704. The van der Waals surface area contributed by atoms with Crippen molar-refractivity contribution in [1.82, 2.24) is 14.9 Å². The van der Waals surface area contributed by atoms with E-state index in [9.17, 15) is 13.2 Å². The number of benzene rings is 2. The summed E-state index contributed by atoms with van der Waals surface area (Å²) >= 11 is 12.0. The monoisotopic (exact) mass is 413 g/mol. The SMILES string of the molecule is FC(F)(F)c1ccccc1CNCc1nccn1Cc1cc(Cl)cc(Cl)c1. The molecule has 8 heteroatoms. The van der Waals surface area contributed by atoms with Gasteiger partial charge < -0.3 is 9.88 Å². The standard InChI is InChI=1S/C19H16Cl2F3N3/c20-15-7-13(8-16(21)9-15)12-27-6-5-26-18(27)11-25-10-14-3-1-2-4-17(14)19(22,23)24/h1-9,25H,10-12H2. The summed E-state index contributed by atoms with van der Waals surface area (Å²) in [6.07, 6.45) is -0.926. The summed E-state index contributed by atoms with van der Waals surface area (Å²) in [5, 5.41) is 4.12. The van der Waals surface area contributed by atoms with Crippen molar-refractivity contribution in [3.63, 3.8) is 0 Å². The third kappa shape index (κ3) is 5.25. The van der Waals surface area contributed by atoms with E-state index in [-0.39, 0.29) is 12.1 Å². The molecule has 0 saturated heterocycles. The van der Waals surface area contributed by atoms with E-state index in [1.54, 1.807) is 24.5 Å². The van der Waals surface area contributed by atoms with Crippen molar-refractivity contribution in [3.05, 3.63) is 87.4 Å². The molecule has 0 aliphatic carbocycles. The van der Waals surface area contributed by atoms with Gasteiger partial charge in [0.25, 0.3) is 0 Å². The van der Waals surface area contributed by atoms with Crippen LogP contribution in [-0.2, 0) is 25.8 Å². The van der Waals surface area contributed by atoms with Crippen LogP contribution < -0.4 is 5.32 Å². The van der Waals surface area contributed by atoms with Crippen LogP contribution in [-0.4, -0.2) is 9.55 Å². The Hall–Kier alpha value is -2.02. The van der Waals surface area contributed by atoms with Gasteiger partial charge in [-0.3, -0.25) is 0 Å². The Kier molecular flexibility index (Phi) is 6.09. The summed E-state index contributed by atoms with van der Waals surface area (Å²) in [6, 6.07) is 10.8. The van der Waals surface area contributed by atoms with Crippen molar-refractivity contribution >= 4 is 23.2 Å². The molecule has 3 nitrogen and oxygen atoms in total. The van der Waals surface area contributed by atoms with Crippen LogP contribution in [0.5, 0.6) is 0 Å². The lowest BCUT2D eigenvalue weighted by Crippen LogP contribution is -2.19. The second kappa shape index (κ2) is 8.33. The summed E-state index contributed by atoms with van der Waals surface area (Å²) in [6.45, 7) is 0.926. The van der Waals surface area contributed by atoms with Gasteiger partial charge in [0.2, 0.25) is 0 Å². The van der Waals surface area contributed by atoms with Gasteiger partial charge in [0.1, 0.15) is 5.82 Å². The molecular weight excluding hydrogens is 398 g/mol. The minimum atomic E-state index is -4.37. The molecule has 0 aliphatic heterocycles. The molecular formula is C19H16Cl2F3N3. The average molecular weight is 414 g/mol. The summed E-state index contributed by atoms with van der Waals surface area (Å²) < 4.78 is 41.1. The molecule has 1 heterocycles. The molecule has 0 fully saturated rings. The lowest BCUT2D eigenvalue weighted by atomic mass is 10.1. The maximum atomic E-state index is 13.1. The molecule has 0 aliphatic rings. The van der Waals surface area contributed by atoms with E-state index >= 15 is 0 Å². The number of halogens is 5. The number of imidazole rings is 1. The first kappa shape index (κ1) is 19.7. The first-order valence-corrected chi connectivity index (χ1v) is 8.89. The summed E-state index contributed by atoms with van der Waals surface area (Å²) in [4.78, 5) is 4.27. The zero-order valence-electron chi connectivity index (χ0n) is 14.1. The molecule has 3 aromatic rings. The highest BCUT2D eigenvalue weighted by Crippen LogP contribution is 2.31. The fourth-order valence-corrected chi connectivity index (χ4v) is 3.38. The molecule has 0 saturated carbocycles. The van der Waals surface area contributed by atoms with Gasteiger partial charge in [0.15, 0.2) is 0 Å². The van der Waals surface area contributed by atoms with E-state index < -0.39 is 11.7 Å². The molecule has 0 atom stereocenters. The third-order valence-electron chi connectivity index (χ3n) is 4.00. The van der Waals surface area contributed by atoms with Crippen molar-refractivity contribution in [2.45, 2.75) is 25.8 Å². The minimum Gasteiger partial charge on any atom is -0.329 e. The summed E-state index contributed by atoms with van der Waals surface area (Å²) in [5.41, 5.74) is 0.480. The maximum absolute atomic E-state index is 13.1. The molecule has 0 amide bonds. The van der Waals surface area contributed by atoms with E-state index in [4.69, 9.17) is 23.2 Å². The van der Waals surface area contributed by atoms with E-state index in [0.29, 0.717) is 29.0 Å². The van der Waals surface area contributed by atoms with Crippen LogP contribution in [0.3, 0.4) is 0 Å². The predicted molar refractivity (Wildman–Crippen MR) is 99.8 cm³/mol. The average Bonchev–Trinajstić information content (AvgIpc) is 3.00. The van der Waals surface area contributed by atoms with Crippen molar-refractivity contribution in [2.75, 3.05) is 0 Å². The van der Waals surface area contributed by atoms with E-state index in [1.165, 1.54) is 12.1 Å². The number of nitrogens with one attached hydrogen (secondary N) is 1. The van der Waals surface area contributed by atoms with E-state index in [0.717, 1.165) is 11.6 Å². The van der Waals surface area contributed by atoms with Crippen molar-refractivity contribution in [1.29, 1.82) is 0 Å². The van der Waals surface area contributed by atoms with Crippen LogP contribution in [0.4, 0.5) is 13.2 Å². The fourth-order valence-electron chi connectivity index (χ4n) is 2.81. The van der Waals surface area contributed by atoms with Crippen molar-refractivity contribution in [3.8, 4) is 0 Å². The zero-order valence-corrected chi connectivity index (χ0v) is 15.6. The Bertz CT molecular complexity index is 902. The number of rotatable bonds is 6. The molecule has 1 N–H and O–H groups in total. The maximum Gasteiger partial charge on any atom is 0.416 e. The predicted octanol–water partition coefficient (Wildman–Crippen LogP) is 5.55. The van der Waals surface area contributed by atoms with Crippen molar-refractivity contribution < 1.29 is 13.2 Å². The highest BCUT2D eigenvalue weighted by Gasteiger charge is 2.32. The van der Waals surface area contributed by atoms with Crippen LogP contribution in [0.25, 0.3) is 0 Å². The Morgan fingerprint density at radius 1 is 1.00 bits per heavy atom. The lowest BCUT2D eigenvalue weighted by molar-refractivity contribution is -0.138. The van der Waals surface area contributed by atoms with E-state index in [2.05, 4.69) is 10.3 Å². The van der Waals surface area contributed by atoms with Gasteiger partial charge in [-0.1, -0.05) is 41.4 Å². The van der Waals surface area contributed by atoms with Gasteiger partial charge in [-0.2, -0.15) is 13.2 Å². The fraction of sp³-hybridized carbons (Fsp3) is 0.211. The number of aromatic nitrogens is 2. The number of hydrogen-bond acceptors (Lipinski definition) is 2. The Morgan fingerprint density at radius 3 is 2.41 bits per heavy atom. The van der Waals surface area contributed by atoms with Crippen LogP contribution in [0.2, 0.25) is 10.0 Å². The number of nitrogens with zero attached hydrogens (tertiary/aromatic N) is 2. The normalized spacial score (nSPS) is 11.7. The van der Waals surface area contributed by atoms with Crippen LogP contribution in [0.15, 0.2) is 54.9 Å². The highest BCUT2D eigenvalue weighted by atomic mass is 35.5. The topological polar surface area (TPSA) is 29.9 Å². The summed E-state index contributed by atoms with van der Waals surface area (Å²) in [7, 11) is 0. The van der Waals surface area contributed by atoms with Gasteiger partial charge in [0.05, 0.1) is 12.1 Å². The molecule has 27 heavy (non-hydrogen) atoms. The van der Waals surface area contributed by atoms with Gasteiger partial charge in [-0.05, 0) is 35.4 Å². The number of alkyl halides is 3. The smallest absolute Gasteiger partial charge is 0.329 e. The molecule has 0 unspecified atom stereocenters. The van der Waals surface area contributed by atoms with Crippen LogP contribution in [0.1, 0.15) is 22.5 Å². The lowest BCUT2D eigenvalue weighted by Gasteiger charge is -2.14. The first-order chi connectivity index (χ1) is 12.8. The zero-order chi connectivity index (χ0) is 19.4.